The minimum atomic E-state index is -0.383. The molecule has 1 N–H and O–H groups in total. The zero-order valence-corrected chi connectivity index (χ0v) is 21.6. The van der Waals surface area contributed by atoms with Crippen molar-refractivity contribution in [2.75, 3.05) is 25.3 Å². The molecule has 2 aliphatic rings. The standard InChI is InChI=1S/C24H25BrClN3O3S/c1-31-19-13-20(32-2)18(12-17(19)26)27-21(30)14-33-23-22(15-6-8-16(25)9-7-15)28-24(29-23)10-4-3-5-11-24/h6-9,12-13H,3-5,10-11,14H2,1-2H3,(H,27,30). The zero-order valence-electron chi connectivity index (χ0n) is 18.5. The predicted octanol–water partition coefficient (Wildman–Crippen LogP) is 6.35. The number of amides is 1. The highest BCUT2D eigenvalue weighted by Crippen LogP contribution is 2.39. The molecule has 0 aromatic heterocycles. The zero-order chi connectivity index (χ0) is 23.4. The Labute approximate surface area is 211 Å². The number of nitrogens with one attached hydrogen (secondary N) is 1. The Morgan fingerprint density at radius 2 is 1.79 bits per heavy atom. The summed E-state index contributed by atoms with van der Waals surface area (Å²) in [4.78, 5) is 22.9. The van der Waals surface area contributed by atoms with E-state index in [-0.39, 0.29) is 17.3 Å². The first kappa shape index (κ1) is 24.1. The molecule has 1 fully saturated rings. The molecule has 4 rings (SSSR count). The second-order valence-corrected chi connectivity index (χ2v) is 10.2. The Hall–Kier alpha value is -2.03. The van der Waals surface area contributed by atoms with Crippen LogP contribution < -0.4 is 14.8 Å². The van der Waals surface area contributed by atoms with Gasteiger partial charge in [0.15, 0.2) is 5.66 Å². The van der Waals surface area contributed by atoms with Crippen molar-refractivity contribution in [3.05, 3.63) is 51.5 Å². The average molecular weight is 551 g/mol. The van der Waals surface area contributed by atoms with E-state index in [4.69, 9.17) is 31.1 Å². The molecule has 0 saturated heterocycles. The molecule has 1 aliphatic carbocycles. The normalized spacial score (nSPS) is 16.8. The maximum atomic E-state index is 12.8. The highest BCUT2D eigenvalue weighted by atomic mass is 79.9. The summed E-state index contributed by atoms with van der Waals surface area (Å²) in [5, 5.41) is 4.09. The lowest BCUT2D eigenvalue weighted by Crippen LogP contribution is -2.25. The second-order valence-electron chi connectivity index (χ2n) is 7.95. The van der Waals surface area contributed by atoms with Crippen LogP contribution in [0.5, 0.6) is 11.5 Å². The van der Waals surface area contributed by atoms with Crippen LogP contribution in [0.2, 0.25) is 5.02 Å². The molecule has 0 atom stereocenters. The lowest BCUT2D eigenvalue weighted by atomic mass is 9.90. The molecule has 1 amide bonds. The Balaban J connectivity index is 1.51. The first-order chi connectivity index (χ1) is 15.9. The largest absolute Gasteiger partial charge is 0.495 e. The molecule has 33 heavy (non-hydrogen) atoms. The SMILES string of the molecule is COc1cc(OC)c(NC(=O)CSC2=NC3(CCCCC3)N=C2c2ccc(Br)cc2)cc1Cl. The number of carbonyl (C=O) groups is 1. The first-order valence-electron chi connectivity index (χ1n) is 10.7. The minimum Gasteiger partial charge on any atom is -0.495 e. The van der Waals surface area contributed by atoms with E-state index in [0.29, 0.717) is 22.2 Å². The topological polar surface area (TPSA) is 72.3 Å². The molecular formula is C24H25BrClN3O3S. The van der Waals surface area contributed by atoms with E-state index in [0.717, 1.165) is 46.5 Å². The summed E-state index contributed by atoms with van der Waals surface area (Å²) in [6.45, 7) is 0. The maximum Gasteiger partial charge on any atom is 0.234 e. The predicted molar refractivity (Wildman–Crippen MR) is 140 cm³/mol. The molecule has 174 valence electrons. The molecule has 0 unspecified atom stereocenters. The van der Waals surface area contributed by atoms with Gasteiger partial charge in [-0.05, 0) is 43.9 Å². The second kappa shape index (κ2) is 10.5. The van der Waals surface area contributed by atoms with Crippen molar-refractivity contribution in [3.63, 3.8) is 0 Å². The third kappa shape index (κ3) is 5.55. The van der Waals surface area contributed by atoms with Gasteiger partial charge >= 0.3 is 0 Å². The number of rotatable bonds is 6. The Morgan fingerprint density at radius 1 is 1.09 bits per heavy atom. The van der Waals surface area contributed by atoms with Crippen LogP contribution in [0.25, 0.3) is 0 Å². The number of hydrogen-bond donors (Lipinski definition) is 1. The van der Waals surface area contributed by atoms with Gasteiger partial charge in [0.05, 0.1) is 36.4 Å². The van der Waals surface area contributed by atoms with Crippen LogP contribution in [0.15, 0.2) is 50.9 Å². The van der Waals surface area contributed by atoms with E-state index >= 15 is 0 Å². The van der Waals surface area contributed by atoms with Gasteiger partial charge in [-0.25, -0.2) is 4.99 Å². The summed E-state index contributed by atoms with van der Waals surface area (Å²) in [6, 6.07) is 11.3. The van der Waals surface area contributed by atoms with Gasteiger partial charge < -0.3 is 14.8 Å². The molecule has 9 heteroatoms. The van der Waals surface area contributed by atoms with Crippen molar-refractivity contribution < 1.29 is 14.3 Å². The summed E-state index contributed by atoms with van der Waals surface area (Å²) in [5.41, 5.74) is 1.99. The lowest BCUT2D eigenvalue weighted by molar-refractivity contribution is -0.113. The van der Waals surface area contributed by atoms with Crippen LogP contribution in [-0.4, -0.2) is 42.3 Å². The molecule has 6 nitrogen and oxygen atoms in total. The number of thioether (sulfide) groups is 1. The maximum absolute atomic E-state index is 12.8. The molecule has 0 radical (unpaired) electrons. The molecule has 1 saturated carbocycles. The monoisotopic (exact) mass is 549 g/mol. The van der Waals surface area contributed by atoms with E-state index in [1.54, 1.807) is 12.1 Å². The van der Waals surface area contributed by atoms with Crippen molar-refractivity contribution in [1.82, 2.24) is 0 Å². The molecule has 2 aromatic rings. The molecule has 0 bridgehead atoms. The van der Waals surface area contributed by atoms with Gasteiger partial charge in [0.25, 0.3) is 0 Å². The van der Waals surface area contributed by atoms with E-state index in [1.807, 2.05) is 24.3 Å². The molecule has 1 heterocycles. The van der Waals surface area contributed by atoms with Crippen LogP contribution in [-0.2, 0) is 4.79 Å². The number of aliphatic imine (C=N–C) groups is 2. The number of ether oxygens (including phenoxy) is 2. The van der Waals surface area contributed by atoms with Gasteiger partial charge in [-0.1, -0.05) is 57.8 Å². The molecule has 2 aromatic carbocycles. The Kier molecular flexibility index (Phi) is 7.66. The van der Waals surface area contributed by atoms with Crippen LogP contribution in [0, 0.1) is 0 Å². The van der Waals surface area contributed by atoms with Gasteiger partial charge in [0.2, 0.25) is 5.91 Å². The van der Waals surface area contributed by atoms with Gasteiger partial charge in [0, 0.05) is 16.1 Å². The fourth-order valence-corrected chi connectivity index (χ4v) is 5.42. The number of methoxy groups -OCH3 is 2. The Bertz CT molecular complexity index is 1100. The van der Waals surface area contributed by atoms with Crippen molar-refractivity contribution in [2.24, 2.45) is 9.98 Å². The fourth-order valence-electron chi connectivity index (χ4n) is 4.04. The van der Waals surface area contributed by atoms with E-state index in [9.17, 15) is 4.79 Å². The summed E-state index contributed by atoms with van der Waals surface area (Å²) >= 11 is 11.1. The third-order valence-electron chi connectivity index (χ3n) is 5.69. The van der Waals surface area contributed by atoms with E-state index in [1.165, 1.54) is 32.4 Å². The number of hydrogen-bond acceptors (Lipinski definition) is 6. The van der Waals surface area contributed by atoms with Crippen molar-refractivity contribution >= 4 is 61.6 Å². The molecule has 1 spiro atoms. The first-order valence-corrected chi connectivity index (χ1v) is 12.9. The molecule has 1 aliphatic heterocycles. The fraction of sp³-hybridized carbons (Fsp3) is 0.375. The number of halogens is 2. The number of carbonyl (C=O) groups excluding carboxylic acids is 1. The summed E-state index contributed by atoms with van der Waals surface area (Å²) in [6.07, 6.45) is 5.36. The van der Waals surface area contributed by atoms with Crippen LogP contribution in [0.4, 0.5) is 5.69 Å². The van der Waals surface area contributed by atoms with Gasteiger partial charge in [-0.3, -0.25) is 9.79 Å². The highest BCUT2D eigenvalue weighted by Gasteiger charge is 2.37. The van der Waals surface area contributed by atoms with Crippen LogP contribution in [0.1, 0.15) is 37.7 Å². The van der Waals surface area contributed by atoms with E-state index in [2.05, 4.69) is 21.2 Å². The Morgan fingerprint density at radius 3 is 2.45 bits per heavy atom. The molecular weight excluding hydrogens is 526 g/mol. The summed E-state index contributed by atoms with van der Waals surface area (Å²) < 4.78 is 11.6. The number of nitrogens with zero attached hydrogens (tertiary/aromatic N) is 2. The average Bonchev–Trinajstić information content (AvgIpc) is 3.16. The summed E-state index contributed by atoms with van der Waals surface area (Å²) in [5.74, 6) is 0.972. The summed E-state index contributed by atoms with van der Waals surface area (Å²) in [7, 11) is 3.06. The minimum absolute atomic E-state index is 0.179. The van der Waals surface area contributed by atoms with Gasteiger partial charge in [-0.15, -0.1) is 0 Å². The number of benzene rings is 2. The van der Waals surface area contributed by atoms with Gasteiger partial charge in [0.1, 0.15) is 16.5 Å². The highest BCUT2D eigenvalue weighted by molar-refractivity contribution is 9.10. The quantitative estimate of drug-likeness (QED) is 0.455. The lowest BCUT2D eigenvalue weighted by Gasteiger charge is -2.27. The van der Waals surface area contributed by atoms with Crippen LogP contribution in [0.3, 0.4) is 0 Å². The third-order valence-corrected chi connectivity index (χ3v) is 7.48. The van der Waals surface area contributed by atoms with Gasteiger partial charge in [-0.2, -0.15) is 0 Å². The smallest absolute Gasteiger partial charge is 0.234 e. The van der Waals surface area contributed by atoms with Crippen molar-refractivity contribution in [3.8, 4) is 11.5 Å². The van der Waals surface area contributed by atoms with Crippen molar-refractivity contribution in [1.29, 1.82) is 0 Å². The number of anilines is 1. The van der Waals surface area contributed by atoms with Crippen molar-refractivity contribution in [2.45, 2.75) is 37.8 Å². The van der Waals surface area contributed by atoms with E-state index < -0.39 is 0 Å². The van der Waals surface area contributed by atoms with Crippen LogP contribution >= 0.6 is 39.3 Å².